The Morgan fingerprint density at radius 1 is 0.967 bits per heavy atom. The number of imide groups is 1. The van der Waals surface area contributed by atoms with Gasteiger partial charge in [-0.25, -0.2) is 9.97 Å². The molecule has 1 spiro atoms. The molecule has 4 heterocycles. The molecule has 0 unspecified atom stereocenters. The van der Waals surface area contributed by atoms with E-state index in [0.717, 1.165) is 101 Å². The number of nitriles is 1. The normalized spacial score (nSPS) is 25.8. The SMILES string of the molecule is CC(C)N(CC1CCN(c2cnc(C(=O)NC3CCC(Oc4ccc(C#N)c(Cl)c4)CC3)cn2)CC1)C1CC(Oc2ccc3c(c2)C2(CC2)N([C@@H]2CCC(=O)NC2=O)C3=O)C1. The van der Waals surface area contributed by atoms with E-state index in [-0.39, 0.29) is 48.3 Å². The van der Waals surface area contributed by atoms with E-state index < -0.39 is 11.6 Å². The van der Waals surface area contributed by atoms with Crippen LogP contribution in [0.2, 0.25) is 5.02 Å². The molecule has 3 saturated carbocycles. The highest BCUT2D eigenvalue weighted by atomic mass is 35.5. The van der Waals surface area contributed by atoms with Gasteiger partial charge in [-0.05, 0) is 113 Å². The first kappa shape index (κ1) is 41.1. The zero-order valence-corrected chi connectivity index (χ0v) is 35.5. The number of carbonyl (C=O) groups is 4. The van der Waals surface area contributed by atoms with Gasteiger partial charge in [0.1, 0.15) is 41.2 Å². The highest BCUT2D eigenvalue weighted by molar-refractivity contribution is 6.31. The van der Waals surface area contributed by atoms with Crippen molar-refractivity contribution in [2.24, 2.45) is 5.92 Å². The number of piperidine rings is 2. The van der Waals surface area contributed by atoms with Crippen LogP contribution in [0.4, 0.5) is 5.82 Å². The second-order valence-electron chi connectivity index (χ2n) is 18.0. The van der Waals surface area contributed by atoms with Gasteiger partial charge in [-0.3, -0.25) is 29.4 Å². The molecule has 14 nitrogen and oxygen atoms in total. The third kappa shape index (κ3) is 8.39. The Hall–Kier alpha value is -5.26. The number of ether oxygens (including phenoxy) is 2. The van der Waals surface area contributed by atoms with Crippen LogP contribution in [0.25, 0.3) is 0 Å². The summed E-state index contributed by atoms with van der Waals surface area (Å²) in [5, 5.41) is 15.0. The number of aromatic nitrogens is 2. The topological polar surface area (TPSA) is 170 Å². The summed E-state index contributed by atoms with van der Waals surface area (Å²) in [6, 6.07) is 13.2. The molecule has 61 heavy (non-hydrogen) atoms. The zero-order valence-electron chi connectivity index (χ0n) is 34.8. The summed E-state index contributed by atoms with van der Waals surface area (Å²) in [6.07, 6.45) is 12.8. The number of halogens is 1. The van der Waals surface area contributed by atoms with Crippen molar-refractivity contribution >= 4 is 41.0 Å². The molecule has 1 atom stereocenters. The van der Waals surface area contributed by atoms with Crippen molar-refractivity contribution in [2.75, 3.05) is 24.5 Å². The number of nitrogens with zero attached hydrogens (tertiary/aromatic N) is 6. The molecule has 320 valence electrons. The van der Waals surface area contributed by atoms with E-state index in [1.165, 1.54) is 0 Å². The number of nitrogens with one attached hydrogen (secondary N) is 2. The van der Waals surface area contributed by atoms with E-state index in [1.807, 2.05) is 18.2 Å². The quantitative estimate of drug-likeness (QED) is 0.208. The van der Waals surface area contributed by atoms with Crippen LogP contribution < -0.4 is 25.0 Å². The maximum atomic E-state index is 13.5. The van der Waals surface area contributed by atoms with Crippen LogP contribution in [0.3, 0.4) is 0 Å². The Kier molecular flexibility index (Phi) is 11.4. The number of hydrogen-bond donors (Lipinski definition) is 2. The fraction of sp³-hybridized carbons (Fsp3) is 0.543. The molecule has 3 aliphatic carbocycles. The van der Waals surface area contributed by atoms with Gasteiger partial charge in [-0.2, -0.15) is 5.26 Å². The average molecular weight is 849 g/mol. The van der Waals surface area contributed by atoms with Gasteiger partial charge in [0, 0.05) is 68.7 Å². The number of amides is 4. The van der Waals surface area contributed by atoms with Gasteiger partial charge in [0.15, 0.2) is 0 Å². The highest BCUT2D eigenvalue weighted by Gasteiger charge is 2.61. The van der Waals surface area contributed by atoms with Crippen molar-refractivity contribution in [1.29, 1.82) is 5.26 Å². The predicted molar refractivity (Wildman–Crippen MR) is 226 cm³/mol. The van der Waals surface area contributed by atoms with Crippen LogP contribution >= 0.6 is 11.6 Å². The number of benzene rings is 2. The molecule has 2 N–H and O–H groups in total. The van der Waals surface area contributed by atoms with E-state index in [4.69, 9.17) is 26.3 Å². The first-order chi connectivity index (χ1) is 29.5. The van der Waals surface area contributed by atoms with Crippen LogP contribution in [0.15, 0.2) is 48.8 Å². The summed E-state index contributed by atoms with van der Waals surface area (Å²) in [5.41, 5.74) is 1.84. The van der Waals surface area contributed by atoms with Crippen LogP contribution in [-0.4, -0.2) is 99.4 Å². The monoisotopic (exact) mass is 848 g/mol. The Labute approximate surface area is 361 Å². The Bertz CT molecular complexity index is 2220. The van der Waals surface area contributed by atoms with Crippen molar-refractivity contribution in [3.63, 3.8) is 0 Å². The third-order valence-corrected chi connectivity index (χ3v) is 14.1. The first-order valence-corrected chi connectivity index (χ1v) is 22.3. The minimum atomic E-state index is -0.624. The molecule has 5 fully saturated rings. The molecule has 0 radical (unpaired) electrons. The van der Waals surface area contributed by atoms with Gasteiger partial charge in [-0.15, -0.1) is 0 Å². The van der Waals surface area contributed by atoms with Gasteiger partial charge in [0.25, 0.3) is 11.8 Å². The molecule has 2 saturated heterocycles. The highest BCUT2D eigenvalue weighted by Crippen LogP contribution is 2.58. The molecule has 2 aromatic carbocycles. The molecule has 1 aromatic heterocycles. The second kappa shape index (κ2) is 16.9. The fourth-order valence-electron chi connectivity index (χ4n) is 10.2. The smallest absolute Gasteiger partial charge is 0.271 e. The molecular formula is C46H53ClN8O6. The molecular weight excluding hydrogens is 796 g/mol. The molecule has 4 amide bonds. The van der Waals surface area contributed by atoms with Crippen molar-refractivity contribution in [3.05, 3.63) is 76.2 Å². The number of rotatable bonds is 12. The summed E-state index contributed by atoms with van der Waals surface area (Å²) in [7, 11) is 0. The van der Waals surface area contributed by atoms with Crippen molar-refractivity contribution in [2.45, 2.75) is 133 Å². The van der Waals surface area contributed by atoms with Crippen LogP contribution in [0, 0.1) is 17.2 Å². The van der Waals surface area contributed by atoms with Gasteiger partial charge in [-0.1, -0.05) is 11.6 Å². The van der Waals surface area contributed by atoms with Gasteiger partial charge in [0.05, 0.1) is 34.6 Å². The van der Waals surface area contributed by atoms with Crippen molar-refractivity contribution in [1.82, 2.24) is 30.4 Å². The lowest BCUT2D eigenvalue weighted by Crippen LogP contribution is -2.55. The summed E-state index contributed by atoms with van der Waals surface area (Å²) < 4.78 is 12.6. The van der Waals surface area contributed by atoms with Gasteiger partial charge < -0.3 is 24.6 Å². The number of anilines is 1. The Morgan fingerprint density at radius 2 is 1.69 bits per heavy atom. The number of hydrogen-bond acceptors (Lipinski definition) is 11. The van der Waals surface area contributed by atoms with Crippen LogP contribution in [-0.2, 0) is 15.1 Å². The summed E-state index contributed by atoms with van der Waals surface area (Å²) in [6.45, 7) is 7.35. The molecule has 0 bridgehead atoms. The number of carbonyl (C=O) groups excluding carboxylic acids is 4. The average Bonchev–Trinajstić information content (AvgIpc) is 4.00. The maximum absolute atomic E-state index is 13.5. The third-order valence-electron chi connectivity index (χ3n) is 13.8. The minimum absolute atomic E-state index is 0.0244. The molecule has 3 aliphatic heterocycles. The lowest BCUT2D eigenvalue weighted by molar-refractivity contribution is -0.137. The van der Waals surface area contributed by atoms with Gasteiger partial charge in [0.2, 0.25) is 11.8 Å². The molecule has 15 heteroatoms. The molecule has 6 aliphatic rings. The zero-order chi connectivity index (χ0) is 42.4. The Balaban J connectivity index is 0.711. The lowest BCUT2D eigenvalue weighted by Gasteiger charge is -2.46. The lowest BCUT2D eigenvalue weighted by atomic mass is 9.85. The van der Waals surface area contributed by atoms with E-state index in [9.17, 15) is 19.2 Å². The minimum Gasteiger partial charge on any atom is -0.490 e. The van der Waals surface area contributed by atoms with E-state index in [0.29, 0.717) is 52.0 Å². The largest absolute Gasteiger partial charge is 0.490 e. The van der Waals surface area contributed by atoms with E-state index in [2.05, 4.69) is 50.3 Å². The summed E-state index contributed by atoms with van der Waals surface area (Å²) in [4.78, 5) is 66.9. The van der Waals surface area contributed by atoms with Crippen LogP contribution in [0.1, 0.15) is 123 Å². The Morgan fingerprint density at radius 3 is 2.34 bits per heavy atom. The van der Waals surface area contributed by atoms with Crippen molar-refractivity contribution < 1.29 is 28.7 Å². The number of fused-ring (bicyclic) bond motifs is 2. The molecule has 9 rings (SSSR count). The summed E-state index contributed by atoms with van der Waals surface area (Å²) in [5.74, 6) is 1.77. The van der Waals surface area contributed by atoms with Crippen molar-refractivity contribution in [3.8, 4) is 17.6 Å². The predicted octanol–water partition coefficient (Wildman–Crippen LogP) is 5.91. The summed E-state index contributed by atoms with van der Waals surface area (Å²) >= 11 is 6.16. The van der Waals surface area contributed by atoms with Gasteiger partial charge >= 0.3 is 0 Å². The van der Waals surface area contributed by atoms with Crippen LogP contribution in [0.5, 0.6) is 11.5 Å². The first-order valence-electron chi connectivity index (χ1n) is 22.0. The van der Waals surface area contributed by atoms with E-state index in [1.54, 1.807) is 35.5 Å². The standard InChI is InChI=1S/C46H53ClN8O6/c1-27(2)54(31-19-35(20-31)61-33-9-10-36-37(21-33)46(15-16-46)55(45(36)59)40-11-12-42(56)52-44(40)58)26-28-13-17-53(18-14-28)41-25-49-39(24-50-41)43(57)51-30-4-7-32(8-5-30)60-34-6-3-29(23-48)38(47)22-34/h3,6,9-10,21-22,24-25,27-28,30-32,35,40H,4-5,7-8,11-20,26H2,1-2H3,(H,51,57)(H,52,56,58)/t30?,31?,32?,35?,40-/m1/s1. The van der Waals surface area contributed by atoms with E-state index >= 15 is 0 Å². The fourth-order valence-corrected chi connectivity index (χ4v) is 10.4. The molecule has 3 aromatic rings. The maximum Gasteiger partial charge on any atom is 0.271 e. The second-order valence-corrected chi connectivity index (χ2v) is 18.5.